The Kier molecular flexibility index (Phi) is 4.57. The van der Waals surface area contributed by atoms with Crippen LogP contribution >= 0.6 is 11.8 Å². The quantitative estimate of drug-likeness (QED) is 0.846. The summed E-state index contributed by atoms with van der Waals surface area (Å²) in [5.41, 5.74) is 0.394. The number of carbonyl (C=O) groups is 1. The number of rotatable bonds is 4. The Morgan fingerprint density at radius 2 is 2.25 bits per heavy atom. The lowest BCUT2D eigenvalue weighted by molar-refractivity contribution is 0.251. The molecule has 0 aliphatic heterocycles. The van der Waals surface area contributed by atoms with E-state index in [-0.39, 0.29) is 6.54 Å². The number of hydrogen-bond donors (Lipinski definition) is 2. The molecule has 0 saturated heterocycles. The molecule has 2 rings (SSSR count). The first-order valence-electron chi connectivity index (χ1n) is 5.83. The van der Waals surface area contributed by atoms with E-state index < -0.39 is 11.8 Å². The predicted octanol–water partition coefficient (Wildman–Crippen LogP) is 2.00. The van der Waals surface area contributed by atoms with Gasteiger partial charge in [-0.1, -0.05) is 17.8 Å². The zero-order chi connectivity index (χ0) is 14.5. The highest BCUT2D eigenvalue weighted by Crippen LogP contribution is 2.11. The van der Waals surface area contributed by atoms with E-state index in [4.69, 9.17) is 0 Å². The molecule has 8 heteroatoms. The van der Waals surface area contributed by atoms with Crippen LogP contribution in [-0.4, -0.2) is 27.1 Å². The summed E-state index contributed by atoms with van der Waals surface area (Å²) in [5, 5.41) is 13.9. The fraction of sp³-hybridized carbons (Fsp3) is 0.250. The predicted molar refractivity (Wildman–Crippen MR) is 75.0 cm³/mol. The van der Waals surface area contributed by atoms with Gasteiger partial charge in [0.05, 0.1) is 6.54 Å². The van der Waals surface area contributed by atoms with Gasteiger partial charge < -0.3 is 15.2 Å². The van der Waals surface area contributed by atoms with Crippen LogP contribution in [-0.2, 0) is 13.6 Å². The number of nitrogens with one attached hydrogen (secondary N) is 2. The van der Waals surface area contributed by atoms with E-state index in [2.05, 4.69) is 20.8 Å². The highest BCUT2D eigenvalue weighted by atomic mass is 32.2. The van der Waals surface area contributed by atoms with Gasteiger partial charge in [-0.3, -0.25) is 0 Å². The van der Waals surface area contributed by atoms with Gasteiger partial charge in [-0.15, -0.1) is 10.2 Å². The Bertz CT molecular complexity index is 616. The van der Waals surface area contributed by atoms with Crippen LogP contribution in [0.25, 0.3) is 0 Å². The van der Waals surface area contributed by atoms with Crippen molar-refractivity contribution in [1.29, 1.82) is 0 Å². The van der Waals surface area contributed by atoms with Crippen molar-refractivity contribution in [2.75, 3.05) is 11.6 Å². The lowest BCUT2D eigenvalue weighted by Gasteiger charge is -2.07. The minimum absolute atomic E-state index is 0.241. The molecule has 0 unspecified atom stereocenters. The second-order valence-electron chi connectivity index (χ2n) is 3.98. The molecule has 1 heterocycles. The average Bonchev–Trinajstić information content (AvgIpc) is 2.77. The highest BCUT2D eigenvalue weighted by molar-refractivity contribution is 7.98. The summed E-state index contributed by atoms with van der Waals surface area (Å²) >= 11 is 1.47. The Morgan fingerprint density at radius 3 is 2.90 bits per heavy atom. The van der Waals surface area contributed by atoms with Crippen LogP contribution in [0.4, 0.5) is 14.9 Å². The molecular formula is C12H14FN5OS. The number of hydrogen-bond acceptors (Lipinski definition) is 4. The van der Waals surface area contributed by atoms with Crippen molar-refractivity contribution in [3.63, 3.8) is 0 Å². The van der Waals surface area contributed by atoms with Crippen LogP contribution in [0.1, 0.15) is 5.82 Å². The summed E-state index contributed by atoms with van der Waals surface area (Å²) in [5.74, 6) is 0.240. The van der Waals surface area contributed by atoms with Crippen LogP contribution < -0.4 is 10.6 Å². The van der Waals surface area contributed by atoms with Gasteiger partial charge in [0, 0.05) is 12.7 Å². The summed E-state index contributed by atoms with van der Waals surface area (Å²) < 4.78 is 14.8. The Labute approximate surface area is 119 Å². The van der Waals surface area contributed by atoms with E-state index in [0.717, 1.165) is 5.16 Å². The summed E-state index contributed by atoms with van der Waals surface area (Å²) in [6.07, 6.45) is 1.90. The molecule has 0 saturated carbocycles. The van der Waals surface area contributed by atoms with E-state index >= 15 is 0 Å². The number of anilines is 1. The fourth-order valence-electron chi connectivity index (χ4n) is 1.58. The SMILES string of the molecule is CSc1nnc(CNC(=O)Nc2cccc(F)c2)n1C. The molecule has 0 spiro atoms. The van der Waals surface area contributed by atoms with Gasteiger partial charge in [-0.25, -0.2) is 9.18 Å². The Balaban J connectivity index is 1.90. The molecule has 1 aromatic heterocycles. The van der Waals surface area contributed by atoms with Crippen molar-refractivity contribution in [2.24, 2.45) is 7.05 Å². The normalized spacial score (nSPS) is 10.3. The summed E-state index contributed by atoms with van der Waals surface area (Å²) in [6.45, 7) is 0.241. The maximum absolute atomic E-state index is 13.0. The van der Waals surface area contributed by atoms with Crippen LogP contribution in [0.15, 0.2) is 29.4 Å². The number of halogens is 1. The second kappa shape index (κ2) is 6.38. The number of nitrogens with zero attached hydrogens (tertiary/aromatic N) is 3. The van der Waals surface area contributed by atoms with Crippen molar-refractivity contribution in [3.05, 3.63) is 35.9 Å². The van der Waals surface area contributed by atoms with Crippen LogP contribution in [0.2, 0.25) is 0 Å². The molecule has 1 aromatic carbocycles. The fourth-order valence-corrected chi connectivity index (χ4v) is 2.08. The van der Waals surface area contributed by atoms with Gasteiger partial charge in [0.1, 0.15) is 5.82 Å². The maximum atomic E-state index is 13.0. The van der Waals surface area contributed by atoms with Crippen LogP contribution in [0.3, 0.4) is 0 Å². The minimum Gasteiger partial charge on any atom is -0.331 e. The molecule has 0 bridgehead atoms. The van der Waals surface area contributed by atoms with Gasteiger partial charge in [0.25, 0.3) is 0 Å². The number of aromatic nitrogens is 3. The highest BCUT2D eigenvalue weighted by Gasteiger charge is 2.09. The smallest absolute Gasteiger partial charge is 0.319 e. The van der Waals surface area contributed by atoms with Crippen molar-refractivity contribution < 1.29 is 9.18 Å². The Hall–Kier alpha value is -2.09. The molecule has 2 N–H and O–H groups in total. The molecule has 106 valence electrons. The topological polar surface area (TPSA) is 71.8 Å². The average molecular weight is 295 g/mol. The zero-order valence-electron chi connectivity index (χ0n) is 11.1. The first-order chi connectivity index (χ1) is 9.60. The molecule has 0 atom stereocenters. The lowest BCUT2D eigenvalue weighted by atomic mass is 10.3. The van der Waals surface area contributed by atoms with Crippen LogP contribution in [0.5, 0.6) is 0 Å². The molecule has 6 nitrogen and oxygen atoms in total. The van der Waals surface area contributed by atoms with Gasteiger partial charge in [0.15, 0.2) is 11.0 Å². The van der Waals surface area contributed by atoms with Gasteiger partial charge in [0.2, 0.25) is 0 Å². The van der Waals surface area contributed by atoms with E-state index in [1.165, 1.54) is 30.0 Å². The number of carbonyl (C=O) groups excluding carboxylic acids is 1. The first-order valence-corrected chi connectivity index (χ1v) is 7.05. The maximum Gasteiger partial charge on any atom is 0.319 e. The summed E-state index contributed by atoms with van der Waals surface area (Å²) in [4.78, 5) is 11.7. The van der Waals surface area contributed by atoms with Crippen LogP contribution in [0, 0.1) is 5.82 Å². The monoisotopic (exact) mass is 295 g/mol. The van der Waals surface area contributed by atoms with Crippen molar-refractivity contribution in [2.45, 2.75) is 11.7 Å². The summed E-state index contributed by atoms with van der Waals surface area (Å²) in [7, 11) is 1.83. The van der Waals surface area contributed by atoms with Gasteiger partial charge >= 0.3 is 6.03 Å². The molecule has 2 aromatic rings. The Morgan fingerprint density at radius 1 is 1.45 bits per heavy atom. The third kappa shape index (κ3) is 3.47. The number of urea groups is 1. The molecule has 0 fully saturated rings. The molecule has 2 amide bonds. The van der Waals surface area contributed by atoms with E-state index in [1.807, 2.05) is 13.3 Å². The standard InChI is InChI=1S/C12H14FN5OS/c1-18-10(16-17-12(18)20-2)7-14-11(19)15-9-5-3-4-8(13)6-9/h3-6H,7H2,1-2H3,(H2,14,15,19). The molecule has 20 heavy (non-hydrogen) atoms. The number of benzene rings is 1. The van der Waals surface area contributed by atoms with Crippen molar-refractivity contribution in [3.8, 4) is 0 Å². The second-order valence-corrected chi connectivity index (χ2v) is 4.75. The molecule has 0 aliphatic rings. The van der Waals surface area contributed by atoms with Gasteiger partial charge in [-0.05, 0) is 24.5 Å². The zero-order valence-corrected chi connectivity index (χ0v) is 11.9. The van der Waals surface area contributed by atoms with E-state index in [9.17, 15) is 9.18 Å². The van der Waals surface area contributed by atoms with Crippen molar-refractivity contribution in [1.82, 2.24) is 20.1 Å². The number of thioether (sulfide) groups is 1. The molecule has 0 radical (unpaired) electrons. The van der Waals surface area contributed by atoms with Gasteiger partial charge in [-0.2, -0.15) is 0 Å². The largest absolute Gasteiger partial charge is 0.331 e. The molecular weight excluding hydrogens is 281 g/mol. The van der Waals surface area contributed by atoms with E-state index in [1.54, 1.807) is 10.6 Å². The third-order valence-corrected chi connectivity index (χ3v) is 3.32. The third-order valence-electron chi connectivity index (χ3n) is 2.60. The van der Waals surface area contributed by atoms with Crippen molar-refractivity contribution >= 4 is 23.5 Å². The first kappa shape index (κ1) is 14.3. The minimum atomic E-state index is -0.427. The summed E-state index contributed by atoms with van der Waals surface area (Å²) in [6, 6.07) is 5.26. The number of amides is 2. The molecule has 0 aliphatic carbocycles. The van der Waals surface area contributed by atoms with E-state index in [0.29, 0.717) is 11.5 Å². The lowest BCUT2D eigenvalue weighted by Crippen LogP contribution is -2.29.